The molecule has 5 heteroatoms. The van der Waals surface area contributed by atoms with Crippen LogP contribution in [-0.4, -0.2) is 19.5 Å². The van der Waals surface area contributed by atoms with Crippen LogP contribution in [0.1, 0.15) is 6.85 Å². The first-order chi connectivity index (χ1) is 32.8. The molecule has 0 atom stereocenters. The SMILES string of the molecule is [2H]c1c([2H])c([2H])c(-c2nc(-c3ccc4c5ccccc5c5ccccc5c4c3)nc(-c3cc(-n4c5ccccc5c5ccccc54)cc4c3sc3ccc(-c5ccccc5)cc34)n2)c([2H])c1[2H]. The van der Waals surface area contributed by atoms with Crippen molar-refractivity contribution in [3.05, 3.63) is 206 Å². The van der Waals surface area contributed by atoms with Crippen molar-refractivity contribution in [2.45, 2.75) is 0 Å². The van der Waals surface area contributed by atoms with E-state index in [1.165, 1.54) is 0 Å². The van der Waals surface area contributed by atoms with E-state index >= 15 is 0 Å². The predicted molar refractivity (Wildman–Crippen MR) is 261 cm³/mol. The van der Waals surface area contributed by atoms with Crippen molar-refractivity contribution in [2.75, 3.05) is 0 Å². The highest BCUT2D eigenvalue weighted by Crippen LogP contribution is 2.44. The average Bonchev–Trinajstić information content (AvgIpc) is 3.93. The summed E-state index contributed by atoms with van der Waals surface area (Å²) in [5.41, 5.74) is 6.54. The third kappa shape index (κ3) is 5.42. The van der Waals surface area contributed by atoms with Crippen LogP contribution in [0.15, 0.2) is 206 Å². The Balaban J connectivity index is 1.14. The normalized spacial score (nSPS) is 13.0. The topological polar surface area (TPSA) is 43.6 Å². The zero-order valence-corrected chi connectivity index (χ0v) is 33.8. The van der Waals surface area contributed by atoms with Crippen molar-refractivity contribution < 1.29 is 6.85 Å². The van der Waals surface area contributed by atoms with E-state index in [0.717, 1.165) is 96.7 Å². The molecule has 0 N–H and O–H groups in total. The third-order valence-electron chi connectivity index (χ3n) is 12.1. The summed E-state index contributed by atoms with van der Waals surface area (Å²) in [4.78, 5) is 15.5. The summed E-state index contributed by atoms with van der Waals surface area (Å²) in [5, 5.41) is 11.0. The second kappa shape index (κ2) is 13.8. The molecule has 4 nitrogen and oxygen atoms in total. The van der Waals surface area contributed by atoms with Gasteiger partial charge in [-0.3, -0.25) is 0 Å². The van der Waals surface area contributed by atoms with Gasteiger partial charge in [0.25, 0.3) is 0 Å². The number of para-hydroxylation sites is 2. The number of nitrogens with zero attached hydrogens (tertiary/aromatic N) is 4. The molecule has 0 saturated heterocycles. The van der Waals surface area contributed by atoms with Gasteiger partial charge in [0.2, 0.25) is 0 Å². The molecule has 3 aromatic heterocycles. The molecule has 0 radical (unpaired) electrons. The van der Waals surface area contributed by atoms with Gasteiger partial charge in [0.05, 0.1) is 17.9 Å². The molecular formula is C57H34N4S. The molecule has 3 heterocycles. The lowest BCUT2D eigenvalue weighted by Gasteiger charge is -2.14. The summed E-state index contributed by atoms with van der Waals surface area (Å²) in [5.74, 6) is 0.620. The standard InChI is InChI=1S/C57H34N4S/c1-3-15-35(16-4-1)37-28-30-53-48(31-37)49-33-39(61-51-25-13-11-23-45(51)46-24-12-14-26-52(46)61)34-50(54(49)62-53)57-59-55(36-17-5-2-6-18-36)58-56(60-57)38-27-29-44-42-21-8-7-19-40(42)41-20-9-10-22-43(41)47(44)32-38/h1-34H/i2D,5D,6D,17D,18D. The lowest BCUT2D eigenvalue weighted by Crippen LogP contribution is -2.01. The van der Waals surface area contributed by atoms with Crippen molar-refractivity contribution in [1.29, 1.82) is 0 Å². The number of benzene rings is 10. The van der Waals surface area contributed by atoms with E-state index in [0.29, 0.717) is 17.2 Å². The summed E-state index contributed by atoms with van der Waals surface area (Å²) in [6, 6.07) is 59.0. The van der Waals surface area contributed by atoms with Crippen LogP contribution in [0.4, 0.5) is 0 Å². The Labute approximate surface area is 367 Å². The van der Waals surface area contributed by atoms with E-state index in [2.05, 4.69) is 162 Å². The van der Waals surface area contributed by atoms with Gasteiger partial charge < -0.3 is 4.57 Å². The van der Waals surface area contributed by atoms with Gasteiger partial charge in [-0.15, -0.1) is 11.3 Å². The minimum absolute atomic E-state index is 0.0108. The molecule has 0 fully saturated rings. The van der Waals surface area contributed by atoms with Crippen LogP contribution < -0.4 is 0 Å². The van der Waals surface area contributed by atoms with E-state index in [1.54, 1.807) is 11.3 Å². The van der Waals surface area contributed by atoms with E-state index in [1.807, 2.05) is 18.2 Å². The van der Waals surface area contributed by atoms with Gasteiger partial charge in [0, 0.05) is 53.3 Å². The van der Waals surface area contributed by atoms with E-state index < -0.39 is 18.1 Å². The molecule has 0 amide bonds. The fraction of sp³-hybridized carbons (Fsp3) is 0. The van der Waals surface area contributed by atoms with E-state index in [9.17, 15) is 0 Å². The summed E-state index contributed by atoms with van der Waals surface area (Å²) >= 11 is 1.65. The molecule has 13 rings (SSSR count). The largest absolute Gasteiger partial charge is 0.309 e. The molecule has 0 aliphatic carbocycles. The Morgan fingerprint density at radius 2 is 0.903 bits per heavy atom. The number of thiophene rings is 1. The van der Waals surface area contributed by atoms with Gasteiger partial charge in [-0.05, 0) is 85.9 Å². The maximum Gasteiger partial charge on any atom is 0.165 e. The lowest BCUT2D eigenvalue weighted by atomic mass is 9.93. The molecule has 0 aliphatic heterocycles. The fourth-order valence-electron chi connectivity index (χ4n) is 9.31. The van der Waals surface area contributed by atoms with Gasteiger partial charge in [-0.25, -0.2) is 15.0 Å². The number of fused-ring (bicyclic) bond motifs is 12. The molecular weight excluding hydrogens is 773 g/mol. The minimum atomic E-state index is -0.484. The Kier molecular flexibility index (Phi) is 6.69. The van der Waals surface area contributed by atoms with E-state index in [4.69, 9.17) is 21.8 Å². The first kappa shape index (κ1) is 30.1. The average molecular weight is 812 g/mol. The first-order valence-corrected chi connectivity index (χ1v) is 21.3. The van der Waals surface area contributed by atoms with Gasteiger partial charge in [0.1, 0.15) is 0 Å². The number of hydrogen-bond donors (Lipinski definition) is 0. The Bertz CT molecular complexity index is 4120. The molecule has 62 heavy (non-hydrogen) atoms. The molecule has 0 aliphatic rings. The van der Waals surface area contributed by atoms with Gasteiger partial charge >= 0.3 is 0 Å². The first-order valence-electron chi connectivity index (χ1n) is 23.0. The highest BCUT2D eigenvalue weighted by atomic mass is 32.1. The van der Waals surface area contributed by atoms with Gasteiger partial charge in [-0.1, -0.05) is 164 Å². The molecule has 13 aromatic rings. The maximum absolute atomic E-state index is 9.10. The molecule has 10 aromatic carbocycles. The van der Waals surface area contributed by atoms with Crippen molar-refractivity contribution in [3.8, 4) is 51.0 Å². The Morgan fingerprint density at radius 1 is 0.371 bits per heavy atom. The number of hydrogen-bond acceptors (Lipinski definition) is 4. The van der Waals surface area contributed by atoms with Crippen molar-refractivity contribution >= 4 is 85.6 Å². The zero-order chi connectivity index (χ0) is 45.1. The monoisotopic (exact) mass is 811 g/mol. The molecule has 0 saturated carbocycles. The summed E-state index contributed by atoms with van der Waals surface area (Å²) < 4.78 is 48.3. The quantitative estimate of drug-likeness (QED) is 0.163. The smallest absolute Gasteiger partial charge is 0.165 e. The summed E-state index contributed by atoms with van der Waals surface area (Å²) in [6.07, 6.45) is 0. The van der Waals surface area contributed by atoms with Crippen LogP contribution >= 0.6 is 11.3 Å². The highest BCUT2D eigenvalue weighted by molar-refractivity contribution is 7.26. The Morgan fingerprint density at radius 3 is 1.58 bits per heavy atom. The highest BCUT2D eigenvalue weighted by Gasteiger charge is 2.21. The lowest BCUT2D eigenvalue weighted by molar-refractivity contribution is 1.08. The zero-order valence-electron chi connectivity index (χ0n) is 37.9. The minimum Gasteiger partial charge on any atom is -0.309 e. The van der Waals surface area contributed by atoms with Crippen molar-refractivity contribution in [1.82, 2.24) is 19.5 Å². The number of aromatic nitrogens is 4. The Hall–Kier alpha value is -7.99. The van der Waals surface area contributed by atoms with Crippen LogP contribution in [-0.2, 0) is 0 Å². The number of rotatable bonds is 5. The summed E-state index contributed by atoms with van der Waals surface area (Å²) in [6.45, 7) is 0. The molecule has 0 spiro atoms. The fourth-order valence-corrected chi connectivity index (χ4v) is 10.5. The maximum atomic E-state index is 9.10. The molecule has 288 valence electrons. The van der Waals surface area contributed by atoms with Gasteiger partial charge in [-0.2, -0.15) is 0 Å². The third-order valence-corrected chi connectivity index (χ3v) is 13.3. The van der Waals surface area contributed by atoms with Crippen LogP contribution in [0.25, 0.3) is 125 Å². The van der Waals surface area contributed by atoms with Crippen LogP contribution in [0.3, 0.4) is 0 Å². The van der Waals surface area contributed by atoms with Crippen LogP contribution in [0, 0.1) is 0 Å². The summed E-state index contributed by atoms with van der Waals surface area (Å²) in [7, 11) is 0. The second-order valence-electron chi connectivity index (χ2n) is 15.6. The van der Waals surface area contributed by atoms with Gasteiger partial charge in [0.15, 0.2) is 17.5 Å². The van der Waals surface area contributed by atoms with Crippen LogP contribution in [0.2, 0.25) is 0 Å². The van der Waals surface area contributed by atoms with Crippen molar-refractivity contribution in [3.63, 3.8) is 0 Å². The van der Waals surface area contributed by atoms with Crippen LogP contribution in [0.5, 0.6) is 0 Å². The molecule has 0 unspecified atom stereocenters. The predicted octanol–water partition coefficient (Wildman–Crippen LogP) is 15.5. The van der Waals surface area contributed by atoms with E-state index in [-0.39, 0.29) is 23.5 Å². The second-order valence-corrected chi connectivity index (χ2v) is 16.6. The van der Waals surface area contributed by atoms with Crippen molar-refractivity contribution in [2.24, 2.45) is 0 Å². The molecule has 0 bridgehead atoms.